The van der Waals surface area contributed by atoms with E-state index in [2.05, 4.69) is 0 Å². The van der Waals surface area contributed by atoms with Crippen LogP contribution in [0.2, 0.25) is 5.02 Å². The maximum atomic E-state index is 12.5. The van der Waals surface area contributed by atoms with Gasteiger partial charge in [0, 0.05) is 19.2 Å². The fourth-order valence-electron chi connectivity index (χ4n) is 2.26. The van der Waals surface area contributed by atoms with E-state index in [4.69, 9.17) is 21.1 Å². The van der Waals surface area contributed by atoms with Gasteiger partial charge < -0.3 is 14.4 Å². The summed E-state index contributed by atoms with van der Waals surface area (Å²) >= 11 is 6.06. The number of nitrogens with zero attached hydrogens (tertiary/aromatic N) is 1. The molecule has 0 aliphatic rings. The minimum atomic E-state index is -0.630. The Morgan fingerprint density at radius 1 is 1.13 bits per heavy atom. The average Bonchev–Trinajstić information content (AvgIpc) is 2.56. The van der Waals surface area contributed by atoms with Gasteiger partial charge in [0.1, 0.15) is 11.5 Å². The number of carbonyl (C=O) groups is 1. The van der Waals surface area contributed by atoms with Crippen molar-refractivity contribution >= 4 is 17.5 Å². The lowest BCUT2D eigenvalue weighted by atomic mass is 10.2. The van der Waals surface area contributed by atoms with Crippen molar-refractivity contribution in [1.29, 1.82) is 0 Å². The third-order valence-corrected chi connectivity index (χ3v) is 3.78. The third kappa shape index (κ3) is 4.39. The lowest BCUT2D eigenvalue weighted by Gasteiger charge is -2.23. The van der Waals surface area contributed by atoms with E-state index in [1.165, 1.54) is 0 Å². The van der Waals surface area contributed by atoms with Gasteiger partial charge in [-0.3, -0.25) is 4.79 Å². The van der Waals surface area contributed by atoms with Crippen LogP contribution in [0.5, 0.6) is 11.5 Å². The van der Waals surface area contributed by atoms with Gasteiger partial charge >= 0.3 is 0 Å². The Morgan fingerprint density at radius 2 is 1.74 bits per heavy atom. The van der Waals surface area contributed by atoms with Crippen molar-refractivity contribution in [2.24, 2.45) is 0 Å². The molecule has 1 atom stereocenters. The zero-order valence-corrected chi connectivity index (χ0v) is 14.2. The van der Waals surface area contributed by atoms with Gasteiger partial charge in [-0.05, 0) is 25.1 Å². The van der Waals surface area contributed by atoms with Crippen molar-refractivity contribution in [1.82, 2.24) is 4.90 Å². The lowest BCUT2D eigenvalue weighted by molar-refractivity contribution is -0.137. The summed E-state index contributed by atoms with van der Waals surface area (Å²) in [4.78, 5) is 14.1. The van der Waals surface area contributed by atoms with Crippen molar-refractivity contribution in [3.63, 3.8) is 0 Å². The van der Waals surface area contributed by atoms with E-state index in [0.29, 0.717) is 17.3 Å². The molecule has 1 amide bonds. The van der Waals surface area contributed by atoms with Gasteiger partial charge in [-0.1, -0.05) is 41.9 Å². The quantitative estimate of drug-likeness (QED) is 0.807. The topological polar surface area (TPSA) is 38.8 Å². The summed E-state index contributed by atoms with van der Waals surface area (Å²) in [7, 11) is 3.35. The molecule has 0 radical (unpaired) electrons. The molecule has 0 spiro atoms. The van der Waals surface area contributed by atoms with Crippen molar-refractivity contribution in [2.45, 2.75) is 19.6 Å². The highest BCUT2D eigenvalue weighted by molar-refractivity contribution is 6.32. The summed E-state index contributed by atoms with van der Waals surface area (Å²) in [6, 6.07) is 14.7. The summed E-state index contributed by atoms with van der Waals surface area (Å²) < 4.78 is 11.0. The molecule has 0 saturated heterocycles. The standard InChI is InChI=1S/C18H20ClNO3/c1-13(23-17-11-7-5-9-15(17)19)18(21)20(2)12-14-8-4-6-10-16(14)22-3/h4-11,13H,12H2,1-3H3/t13-/m0/s1. The van der Waals surface area contributed by atoms with Gasteiger partial charge in [0.2, 0.25) is 0 Å². The minimum Gasteiger partial charge on any atom is -0.496 e. The number of carbonyl (C=O) groups excluding carboxylic acids is 1. The number of hydrogen-bond donors (Lipinski definition) is 0. The maximum Gasteiger partial charge on any atom is 0.263 e. The Morgan fingerprint density at radius 3 is 2.39 bits per heavy atom. The Bertz CT molecular complexity index is 675. The van der Waals surface area contributed by atoms with E-state index in [9.17, 15) is 4.79 Å². The second kappa shape index (κ2) is 7.88. The molecule has 23 heavy (non-hydrogen) atoms. The summed E-state index contributed by atoms with van der Waals surface area (Å²) in [6.07, 6.45) is -0.630. The van der Waals surface area contributed by atoms with Crippen molar-refractivity contribution in [3.8, 4) is 11.5 Å². The molecule has 0 aromatic heterocycles. The summed E-state index contributed by atoms with van der Waals surface area (Å²) in [5.74, 6) is 1.13. The number of ether oxygens (including phenoxy) is 2. The van der Waals surface area contributed by atoms with E-state index in [1.54, 1.807) is 38.1 Å². The largest absolute Gasteiger partial charge is 0.496 e. The third-order valence-electron chi connectivity index (χ3n) is 3.46. The molecule has 0 aliphatic heterocycles. The first-order valence-electron chi connectivity index (χ1n) is 7.31. The molecule has 122 valence electrons. The van der Waals surface area contributed by atoms with E-state index in [-0.39, 0.29) is 5.91 Å². The molecule has 0 bridgehead atoms. The molecule has 2 aromatic carbocycles. The molecule has 0 N–H and O–H groups in total. The predicted molar refractivity (Wildman–Crippen MR) is 91.0 cm³/mol. The van der Waals surface area contributed by atoms with Crippen LogP contribution in [-0.2, 0) is 11.3 Å². The average molecular weight is 334 g/mol. The van der Waals surface area contributed by atoms with Gasteiger partial charge in [-0.15, -0.1) is 0 Å². The fourth-order valence-corrected chi connectivity index (χ4v) is 2.44. The van der Waals surface area contributed by atoms with Gasteiger partial charge in [-0.2, -0.15) is 0 Å². The van der Waals surface area contributed by atoms with Crippen LogP contribution in [0.4, 0.5) is 0 Å². The Hall–Kier alpha value is -2.20. The van der Waals surface area contributed by atoms with E-state index >= 15 is 0 Å². The highest BCUT2D eigenvalue weighted by Crippen LogP contribution is 2.25. The Labute approximate surface area is 141 Å². The summed E-state index contributed by atoms with van der Waals surface area (Å²) in [5.41, 5.74) is 0.941. The SMILES string of the molecule is COc1ccccc1CN(C)C(=O)[C@H](C)Oc1ccccc1Cl. The Kier molecular flexibility index (Phi) is 5.88. The van der Waals surface area contributed by atoms with Crippen molar-refractivity contribution < 1.29 is 14.3 Å². The molecule has 0 saturated carbocycles. The van der Waals surface area contributed by atoms with Crippen LogP contribution in [0.1, 0.15) is 12.5 Å². The fraction of sp³-hybridized carbons (Fsp3) is 0.278. The van der Waals surface area contributed by atoms with Gasteiger partial charge in [0.25, 0.3) is 5.91 Å². The maximum absolute atomic E-state index is 12.5. The lowest BCUT2D eigenvalue weighted by Crippen LogP contribution is -2.37. The Balaban J connectivity index is 2.03. The van der Waals surface area contributed by atoms with Crippen LogP contribution in [0.15, 0.2) is 48.5 Å². The van der Waals surface area contributed by atoms with E-state index < -0.39 is 6.10 Å². The van der Waals surface area contributed by atoms with Gasteiger partial charge in [0.15, 0.2) is 6.10 Å². The molecule has 0 fully saturated rings. The normalized spacial score (nSPS) is 11.7. The molecule has 2 aromatic rings. The summed E-state index contributed by atoms with van der Waals surface area (Å²) in [5, 5.41) is 0.486. The zero-order valence-electron chi connectivity index (χ0n) is 13.5. The second-order valence-electron chi connectivity index (χ2n) is 5.20. The number of rotatable bonds is 6. The van der Waals surface area contributed by atoms with Gasteiger partial charge in [0.05, 0.1) is 12.1 Å². The first-order chi connectivity index (χ1) is 11.0. The van der Waals surface area contributed by atoms with Crippen LogP contribution in [0, 0.1) is 0 Å². The number of hydrogen-bond acceptors (Lipinski definition) is 3. The molecule has 0 heterocycles. The van der Waals surface area contributed by atoms with E-state index in [0.717, 1.165) is 11.3 Å². The number of amides is 1. The van der Waals surface area contributed by atoms with Crippen molar-refractivity contribution in [2.75, 3.05) is 14.2 Å². The molecule has 2 rings (SSSR count). The van der Waals surface area contributed by atoms with E-state index in [1.807, 2.05) is 36.4 Å². The van der Waals surface area contributed by atoms with Crippen LogP contribution in [0.25, 0.3) is 0 Å². The minimum absolute atomic E-state index is 0.129. The number of benzene rings is 2. The number of para-hydroxylation sites is 2. The molecule has 4 nitrogen and oxygen atoms in total. The number of methoxy groups -OCH3 is 1. The predicted octanol–water partition coefficient (Wildman–Crippen LogP) is 3.77. The van der Waals surface area contributed by atoms with Crippen LogP contribution in [0.3, 0.4) is 0 Å². The first kappa shape index (κ1) is 17.2. The monoisotopic (exact) mass is 333 g/mol. The molecular weight excluding hydrogens is 314 g/mol. The van der Waals surface area contributed by atoms with Crippen LogP contribution >= 0.6 is 11.6 Å². The highest BCUT2D eigenvalue weighted by Gasteiger charge is 2.21. The molecule has 5 heteroatoms. The molecule has 0 unspecified atom stereocenters. The highest BCUT2D eigenvalue weighted by atomic mass is 35.5. The van der Waals surface area contributed by atoms with Gasteiger partial charge in [-0.25, -0.2) is 0 Å². The number of likely N-dealkylation sites (N-methyl/N-ethyl adjacent to an activating group) is 1. The molecule has 0 aliphatic carbocycles. The smallest absolute Gasteiger partial charge is 0.263 e. The molecular formula is C18H20ClNO3. The zero-order chi connectivity index (χ0) is 16.8. The van der Waals surface area contributed by atoms with Crippen LogP contribution in [-0.4, -0.2) is 31.1 Å². The number of halogens is 1. The first-order valence-corrected chi connectivity index (χ1v) is 7.68. The summed E-state index contributed by atoms with van der Waals surface area (Å²) in [6.45, 7) is 2.16. The van der Waals surface area contributed by atoms with Crippen LogP contribution < -0.4 is 9.47 Å². The van der Waals surface area contributed by atoms with Crippen molar-refractivity contribution in [3.05, 3.63) is 59.1 Å². The second-order valence-corrected chi connectivity index (χ2v) is 5.60.